The highest BCUT2D eigenvalue weighted by atomic mass is 16.6. The first-order valence-corrected chi connectivity index (χ1v) is 8.17. The van der Waals surface area contributed by atoms with Gasteiger partial charge in [-0.1, -0.05) is 0 Å². The third-order valence-corrected chi connectivity index (χ3v) is 3.91. The molecule has 0 spiro atoms. The van der Waals surface area contributed by atoms with E-state index in [1.807, 2.05) is 33.8 Å². The summed E-state index contributed by atoms with van der Waals surface area (Å²) in [6, 6.07) is 1.79. The average Bonchev–Trinajstić information content (AvgIpc) is 2.45. The van der Waals surface area contributed by atoms with Crippen LogP contribution >= 0.6 is 0 Å². The second-order valence-electron chi connectivity index (χ2n) is 7.12. The predicted octanol–water partition coefficient (Wildman–Crippen LogP) is 2.04. The van der Waals surface area contributed by atoms with Gasteiger partial charge in [-0.25, -0.2) is 9.78 Å². The number of aryl methyl sites for hydroxylation is 1. The molecule has 134 valence electrons. The van der Waals surface area contributed by atoms with E-state index in [2.05, 4.69) is 9.88 Å². The number of nitrogen functional groups attached to an aromatic ring is 1. The fraction of sp³-hybridized carbons (Fsp3) is 0.647. The minimum absolute atomic E-state index is 0.0736. The SMILES string of the molecule is COCC1CN(c2cnc(N)cc2C)CCN1C(=O)OC(C)(C)C. The number of nitrogens with zero attached hydrogens (tertiary/aromatic N) is 3. The molecule has 24 heavy (non-hydrogen) atoms. The van der Waals surface area contributed by atoms with Crippen LogP contribution in [0.2, 0.25) is 0 Å². The Morgan fingerprint density at radius 2 is 2.12 bits per heavy atom. The number of ether oxygens (including phenoxy) is 2. The van der Waals surface area contributed by atoms with Crippen LogP contribution in [0.5, 0.6) is 0 Å². The maximum atomic E-state index is 12.5. The fourth-order valence-electron chi connectivity index (χ4n) is 2.87. The summed E-state index contributed by atoms with van der Waals surface area (Å²) >= 11 is 0. The second kappa shape index (κ2) is 7.25. The molecule has 2 N–H and O–H groups in total. The molecule has 0 aliphatic carbocycles. The number of amides is 1. The molecular weight excluding hydrogens is 308 g/mol. The largest absolute Gasteiger partial charge is 0.444 e. The third-order valence-electron chi connectivity index (χ3n) is 3.91. The zero-order valence-corrected chi connectivity index (χ0v) is 15.2. The van der Waals surface area contributed by atoms with Crippen LogP contribution in [0.1, 0.15) is 26.3 Å². The molecule has 1 fully saturated rings. The van der Waals surface area contributed by atoms with E-state index < -0.39 is 5.60 Å². The number of anilines is 2. The van der Waals surface area contributed by atoms with Crippen molar-refractivity contribution in [3.05, 3.63) is 17.8 Å². The lowest BCUT2D eigenvalue weighted by atomic mass is 10.1. The van der Waals surface area contributed by atoms with Gasteiger partial charge in [0.1, 0.15) is 11.4 Å². The molecule has 1 aromatic rings. The molecule has 0 radical (unpaired) electrons. The number of aromatic nitrogens is 1. The van der Waals surface area contributed by atoms with E-state index in [0.29, 0.717) is 32.1 Å². The van der Waals surface area contributed by atoms with Crippen molar-refractivity contribution in [2.45, 2.75) is 39.3 Å². The Bertz CT molecular complexity index is 586. The van der Waals surface area contributed by atoms with E-state index in [9.17, 15) is 4.79 Å². The van der Waals surface area contributed by atoms with Gasteiger partial charge in [-0.05, 0) is 39.3 Å². The molecule has 0 aromatic carbocycles. The summed E-state index contributed by atoms with van der Waals surface area (Å²) in [6.45, 7) is 10.0. The smallest absolute Gasteiger partial charge is 0.410 e. The van der Waals surface area contributed by atoms with Crippen LogP contribution in [0.15, 0.2) is 12.3 Å². The fourth-order valence-corrected chi connectivity index (χ4v) is 2.87. The van der Waals surface area contributed by atoms with Gasteiger partial charge < -0.3 is 20.1 Å². The molecule has 7 nitrogen and oxygen atoms in total. The molecule has 1 aliphatic rings. The van der Waals surface area contributed by atoms with Crippen molar-refractivity contribution in [1.29, 1.82) is 0 Å². The van der Waals surface area contributed by atoms with Crippen molar-refractivity contribution in [2.24, 2.45) is 0 Å². The van der Waals surface area contributed by atoms with Gasteiger partial charge in [-0.3, -0.25) is 4.90 Å². The summed E-state index contributed by atoms with van der Waals surface area (Å²) in [5.41, 5.74) is 7.33. The summed E-state index contributed by atoms with van der Waals surface area (Å²) in [5, 5.41) is 0. The molecule has 0 bridgehead atoms. The lowest BCUT2D eigenvalue weighted by Gasteiger charge is -2.42. The normalized spacial score (nSPS) is 18.6. The van der Waals surface area contributed by atoms with Crippen molar-refractivity contribution >= 4 is 17.6 Å². The van der Waals surface area contributed by atoms with Gasteiger partial charge >= 0.3 is 6.09 Å². The zero-order chi connectivity index (χ0) is 17.9. The number of hydrogen-bond donors (Lipinski definition) is 1. The average molecular weight is 336 g/mol. The summed E-state index contributed by atoms with van der Waals surface area (Å²) in [6.07, 6.45) is 1.49. The van der Waals surface area contributed by atoms with Gasteiger partial charge in [-0.2, -0.15) is 0 Å². The van der Waals surface area contributed by atoms with Crippen LogP contribution in [0.4, 0.5) is 16.3 Å². The molecule has 1 atom stereocenters. The number of hydrogen-bond acceptors (Lipinski definition) is 6. The molecule has 1 amide bonds. The van der Waals surface area contributed by atoms with Gasteiger partial charge in [0.25, 0.3) is 0 Å². The van der Waals surface area contributed by atoms with Crippen molar-refractivity contribution in [2.75, 3.05) is 44.0 Å². The lowest BCUT2D eigenvalue weighted by Crippen LogP contribution is -2.57. The Morgan fingerprint density at radius 1 is 1.42 bits per heavy atom. The predicted molar refractivity (Wildman–Crippen MR) is 94.2 cm³/mol. The van der Waals surface area contributed by atoms with Crippen LogP contribution in [-0.4, -0.2) is 61.0 Å². The highest BCUT2D eigenvalue weighted by molar-refractivity contribution is 5.69. The molecule has 2 rings (SSSR count). The number of carbonyl (C=O) groups is 1. The van der Waals surface area contributed by atoms with E-state index in [1.165, 1.54) is 0 Å². The van der Waals surface area contributed by atoms with E-state index in [0.717, 1.165) is 11.3 Å². The highest BCUT2D eigenvalue weighted by Crippen LogP contribution is 2.24. The van der Waals surface area contributed by atoms with Crippen molar-refractivity contribution < 1.29 is 14.3 Å². The van der Waals surface area contributed by atoms with Crippen LogP contribution in [0.25, 0.3) is 0 Å². The van der Waals surface area contributed by atoms with Gasteiger partial charge in [0.15, 0.2) is 0 Å². The lowest BCUT2D eigenvalue weighted by molar-refractivity contribution is 0.00343. The summed E-state index contributed by atoms with van der Waals surface area (Å²) in [7, 11) is 1.64. The van der Waals surface area contributed by atoms with Gasteiger partial charge in [0.2, 0.25) is 0 Å². The first-order chi connectivity index (χ1) is 11.2. The molecule has 7 heteroatoms. The van der Waals surface area contributed by atoms with Gasteiger partial charge in [-0.15, -0.1) is 0 Å². The number of methoxy groups -OCH3 is 1. The summed E-state index contributed by atoms with van der Waals surface area (Å²) in [4.78, 5) is 20.6. The third kappa shape index (κ3) is 4.50. The van der Waals surface area contributed by atoms with E-state index in [1.54, 1.807) is 18.2 Å². The highest BCUT2D eigenvalue weighted by Gasteiger charge is 2.33. The molecule has 1 aliphatic heterocycles. The van der Waals surface area contributed by atoms with Crippen LogP contribution in [-0.2, 0) is 9.47 Å². The van der Waals surface area contributed by atoms with Gasteiger partial charge in [0, 0.05) is 26.7 Å². The van der Waals surface area contributed by atoms with Crippen molar-refractivity contribution in [3.63, 3.8) is 0 Å². The Hall–Kier alpha value is -2.02. The number of pyridine rings is 1. The summed E-state index contributed by atoms with van der Waals surface area (Å²) in [5.74, 6) is 0.511. The van der Waals surface area contributed by atoms with Crippen LogP contribution < -0.4 is 10.6 Å². The number of piperazine rings is 1. The first kappa shape index (κ1) is 18.3. The standard InChI is InChI=1S/C17H28N4O3/c1-12-8-15(18)19-9-14(12)20-6-7-21(13(10-20)11-23-5)16(22)24-17(2,3)4/h8-9,13H,6-7,10-11H2,1-5H3,(H2,18,19). The number of rotatable bonds is 3. The van der Waals surface area contributed by atoms with E-state index in [-0.39, 0.29) is 12.1 Å². The number of carbonyl (C=O) groups excluding carboxylic acids is 1. The topological polar surface area (TPSA) is 80.9 Å². The van der Waals surface area contributed by atoms with Gasteiger partial charge in [0.05, 0.1) is 24.5 Å². The first-order valence-electron chi connectivity index (χ1n) is 8.17. The van der Waals surface area contributed by atoms with E-state index in [4.69, 9.17) is 15.2 Å². The molecule has 1 unspecified atom stereocenters. The Labute approximate surface area is 143 Å². The minimum Gasteiger partial charge on any atom is -0.444 e. The number of nitrogens with two attached hydrogens (primary N) is 1. The second-order valence-corrected chi connectivity index (χ2v) is 7.12. The minimum atomic E-state index is -0.511. The van der Waals surface area contributed by atoms with Crippen LogP contribution in [0.3, 0.4) is 0 Å². The summed E-state index contributed by atoms with van der Waals surface area (Å²) < 4.78 is 10.8. The van der Waals surface area contributed by atoms with Crippen molar-refractivity contribution in [3.8, 4) is 0 Å². The maximum Gasteiger partial charge on any atom is 0.410 e. The van der Waals surface area contributed by atoms with Crippen LogP contribution in [0, 0.1) is 6.92 Å². The molecular formula is C17H28N4O3. The Morgan fingerprint density at radius 3 is 2.71 bits per heavy atom. The Balaban J connectivity index is 2.13. The monoisotopic (exact) mass is 336 g/mol. The molecule has 0 saturated carbocycles. The van der Waals surface area contributed by atoms with Crippen molar-refractivity contribution in [1.82, 2.24) is 9.88 Å². The molecule has 2 heterocycles. The zero-order valence-electron chi connectivity index (χ0n) is 15.2. The molecule has 1 aromatic heterocycles. The maximum absolute atomic E-state index is 12.5. The quantitative estimate of drug-likeness (QED) is 0.910. The van der Waals surface area contributed by atoms with E-state index >= 15 is 0 Å². The Kier molecular flexibility index (Phi) is 5.54. The molecule has 1 saturated heterocycles.